The van der Waals surface area contributed by atoms with Crippen molar-refractivity contribution in [1.29, 1.82) is 0 Å². The number of rotatable bonds is 10. The van der Waals surface area contributed by atoms with Crippen LogP contribution in [0.5, 0.6) is 17.2 Å². The van der Waals surface area contributed by atoms with Crippen LogP contribution >= 0.6 is 0 Å². The van der Waals surface area contributed by atoms with Gasteiger partial charge in [-0.3, -0.25) is 9.59 Å². The lowest BCUT2D eigenvalue weighted by Gasteiger charge is -2.17. The summed E-state index contributed by atoms with van der Waals surface area (Å²) in [7, 11) is 4.29. The van der Waals surface area contributed by atoms with Crippen molar-refractivity contribution in [1.82, 2.24) is 10.6 Å². The van der Waals surface area contributed by atoms with E-state index in [2.05, 4.69) is 10.6 Å². The monoisotopic (exact) mass is 382 g/mol. The van der Waals surface area contributed by atoms with Gasteiger partial charge in [-0.1, -0.05) is 13.8 Å². The number of carbonyl (C=O) groups excluding carboxylic acids is 2. The van der Waals surface area contributed by atoms with Crippen LogP contribution in [-0.4, -0.2) is 56.8 Å². The number of benzene rings is 1. The minimum Gasteiger partial charge on any atom is -0.493 e. The van der Waals surface area contributed by atoms with Crippen LogP contribution in [0.25, 0.3) is 0 Å². The van der Waals surface area contributed by atoms with E-state index in [4.69, 9.17) is 19.3 Å². The predicted octanol–water partition coefficient (Wildman–Crippen LogP) is 1.06. The first-order chi connectivity index (χ1) is 12.7. The molecule has 1 atom stereocenters. The Morgan fingerprint density at radius 1 is 1.04 bits per heavy atom. The van der Waals surface area contributed by atoms with Crippen LogP contribution in [0.15, 0.2) is 12.1 Å². The van der Waals surface area contributed by atoms with Gasteiger partial charge >= 0.3 is 5.97 Å². The second kappa shape index (κ2) is 10.2. The van der Waals surface area contributed by atoms with Crippen LogP contribution in [0.1, 0.15) is 30.6 Å². The van der Waals surface area contributed by atoms with Crippen molar-refractivity contribution in [2.75, 3.05) is 27.9 Å². The Morgan fingerprint density at radius 3 is 2.00 bits per heavy atom. The zero-order chi connectivity index (χ0) is 20.6. The third-order valence-corrected chi connectivity index (χ3v) is 3.68. The van der Waals surface area contributed by atoms with Crippen LogP contribution in [0, 0.1) is 5.92 Å². The maximum absolute atomic E-state index is 12.3. The quantitative estimate of drug-likeness (QED) is 0.553. The van der Waals surface area contributed by atoms with E-state index in [0.717, 1.165) is 0 Å². The lowest BCUT2D eigenvalue weighted by atomic mass is 10.0. The summed E-state index contributed by atoms with van der Waals surface area (Å²) in [6, 6.07) is 1.90. The number of hydrogen-bond donors (Lipinski definition) is 3. The van der Waals surface area contributed by atoms with Gasteiger partial charge in [-0.15, -0.1) is 0 Å². The van der Waals surface area contributed by atoms with Crippen LogP contribution in [0.2, 0.25) is 0 Å². The molecule has 0 spiro atoms. The molecule has 0 radical (unpaired) electrons. The number of amides is 2. The molecular formula is C18H26N2O7. The fraction of sp³-hybridized carbons (Fsp3) is 0.500. The van der Waals surface area contributed by atoms with Crippen molar-refractivity contribution in [2.24, 2.45) is 5.92 Å². The summed E-state index contributed by atoms with van der Waals surface area (Å²) in [5, 5.41) is 14.0. The molecule has 0 saturated heterocycles. The maximum Gasteiger partial charge on any atom is 0.326 e. The van der Waals surface area contributed by atoms with Crippen molar-refractivity contribution in [3.8, 4) is 17.2 Å². The second-order valence-electron chi connectivity index (χ2n) is 6.18. The number of carboxylic acids is 1. The van der Waals surface area contributed by atoms with Gasteiger partial charge in [-0.2, -0.15) is 0 Å². The summed E-state index contributed by atoms with van der Waals surface area (Å²) < 4.78 is 15.6. The Bertz CT molecular complexity index is 663. The Balaban J connectivity index is 2.79. The number of carbonyl (C=O) groups is 3. The molecule has 0 saturated carbocycles. The topological polar surface area (TPSA) is 123 Å². The smallest absolute Gasteiger partial charge is 0.326 e. The van der Waals surface area contributed by atoms with E-state index in [9.17, 15) is 14.4 Å². The lowest BCUT2D eigenvalue weighted by Crippen LogP contribution is -2.46. The number of methoxy groups -OCH3 is 3. The molecule has 1 rings (SSSR count). The van der Waals surface area contributed by atoms with Crippen LogP contribution in [0.4, 0.5) is 0 Å². The van der Waals surface area contributed by atoms with E-state index in [0.29, 0.717) is 23.7 Å². The molecule has 0 fully saturated rings. The Labute approximate surface area is 158 Å². The Hall–Kier alpha value is -2.97. The fourth-order valence-corrected chi connectivity index (χ4v) is 2.41. The van der Waals surface area contributed by atoms with Crippen LogP contribution in [0.3, 0.4) is 0 Å². The van der Waals surface area contributed by atoms with E-state index in [1.807, 2.05) is 13.8 Å². The molecular weight excluding hydrogens is 356 g/mol. The average molecular weight is 382 g/mol. The fourth-order valence-electron chi connectivity index (χ4n) is 2.41. The van der Waals surface area contributed by atoms with Crippen molar-refractivity contribution < 1.29 is 33.7 Å². The molecule has 0 bridgehead atoms. The van der Waals surface area contributed by atoms with Crippen LogP contribution < -0.4 is 24.8 Å². The summed E-state index contributed by atoms with van der Waals surface area (Å²) in [6.45, 7) is 3.35. The highest BCUT2D eigenvalue weighted by Crippen LogP contribution is 2.38. The summed E-state index contributed by atoms with van der Waals surface area (Å²) >= 11 is 0. The van der Waals surface area contributed by atoms with Gasteiger partial charge in [0.25, 0.3) is 5.91 Å². The zero-order valence-electron chi connectivity index (χ0n) is 16.1. The van der Waals surface area contributed by atoms with Gasteiger partial charge in [0.2, 0.25) is 11.7 Å². The minimum absolute atomic E-state index is 0.0974. The number of hydrogen-bond acceptors (Lipinski definition) is 6. The lowest BCUT2D eigenvalue weighted by molar-refractivity contribution is -0.142. The summed E-state index contributed by atoms with van der Waals surface area (Å²) in [5.41, 5.74) is 0.203. The molecule has 3 N–H and O–H groups in total. The molecule has 0 heterocycles. The summed E-state index contributed by atoms with van der Waals surface area (Å²) in [6.07, 6.45) is 0.294. The predicted molar refractivity (Wildman–Crippen MR) is 97.5 cm³/mol. The number of carboxylic acid groups (broad SMARTS) is 1. The van der Waals surface area contributed by atoms with Gasteiger partial charge in [-0.25, -0.2) is 4.79 Å². The molecule has 1 unspecified atom stereocenters. The van der Waals surface area contributed by atoms with Crippen LogP contribution in [-0.2, 0) is 9.59 Å². The first-order valence-corrected chi connectivity index (χ1v) is 8.33. The summed E-state index contributed by atoms with van der Waals surface area (Å²) in [5.74, 6) is -1.21. The number of nitrogens with one attached hydrogen (secondary N) is 2. The Kier molecular flexibility index (Phi) is 8.37. The normalized spacial score (nSPS) is 11.5. The molecule has 0 aliphatic carbocycles. The highest BCUT2D eigenvalue weighted by molar-refractivity contribution is 5.98. The molecule has 9 heteroatoms. The molecule has 0 aliphatic rings. The van der Waals surface area contributed by atoms with Gasteiger partial charge in [0.15, 0.2) is 11.5 Å². The van der Waals surface area contributed by atoms with Gasteiger partial charge < -0.3 is 30.0 Å². The van der Waals surface area contributed by atoms with Gasteiger partial charge in [0.1, 0.15) is 6.04 Å². The van der Waals surface area contributed by atoms with E-state index in [1.54, 1.807) is 0 Å². The molecule has 0 aliphatic heterocycles. The third-order valence-electron chi connectivity index (χ3n) is 3.68. The maximum atomic E-state index is 12.3. The first-order valence-electron chi connectivity index (χ1n) is 8.33. The molecule has 0 aromatic heterocycles. The molecule has 1 aromatic rings. The third kappa shape index (κ3) is 6.36. The second-order valence-corrected chi connectivity index (χ2v) is 6.18. The average Bonchev–Trinajstić information content (AvgIpc) is 2.63. The molecule has 1 aromatic carbocycles. The molecule has 2 amide bonds. The van der Waals surface area contributed by atoms with Gasteiger partial charge in [-0.05, 0) is 24.5 Å². The van der Waals surface area contributed by atoms with E-state index < -0.39 is 23.8 Å². The molecule has 9 nitrogen and oxygen atoms in total. The highest BCUT2D eigenvalue weighted by atomic mass is 16.5. The number of aliphatic carboxylic acids is 1. The molecule has 150 valence electrons. The van der Waals surface area contributed by atoms with E-state index in [1.165, 1.54) is 33.5 Å². The largest absolute Gasteiger partial charge is 0.493 e. The summed E-state index contributed by atoms with van der Waals surface area (Å²) in [4.78, 5) is 35.5. The van der Waals surface area contributed by atoms with Gasteiger partial charge in [0, 0.05) is 5.56 Å². The number of ether oxygens (including phenoxy) is 3. The van der Waals surface area contributed by atoms with Crippen molar-refractivity contribution >= 4 is 17.8 Å². The zero-order valence-corrected chi connectivity index (χ0v) is 16.1. The standard InChI is InChI=1S/C18H26N2O7/c1-10(2)6-12(18(23)24)20-15(21)9-19-17(22)11-7-13(25-3)16(27-5)14(8-11)26-4/h7-8,10,12H,6,9H2,1-5H3,(H,19,22)(H,20,21)(H,23,24). The highest BCUT2D eigenvalue weighted by Gasteiger charge is 2.22. The Morgan fingerprint density at radius 2 is 1.59 bits per heavy atom. The first kappa shape index (κ1) is 22.1. The minimum atomic E-state index is -1.12. The SMILES string of the molecule is COc1cc(C(=O)NCC(=O)NC(CC(C)C)C(=O)O)cc(OC)c1OC. The van der Waals surface area contributed by atoms with Crippen molar-refractivity contribution in [3.63, 3.8) is 0 Å². The molecule has 27 heavy (non-hydrogen) atoms. The van der Waals surface area contributed by atoms with E-state index >= 15 is 0 Å². The van der Waals surface area contributed by atoms with E-state index in [-0.39, 0.29) is 18.0 Å². The van der Waals surface area contributed by atoms with Crippen molar-refractivity contribution in [2.45, 2.75) is 26.3 Å². The van der Waals surface area contributed by atoms with Crippen molar-refractivity contribution in [3.05, 3.63) is 17.7 Å². The van der Waals surface area contributed by atoms with Gasteiger partial charge in [0.05, 0.1) is 27.9 Å².